The molecule has 1 N–H and O–H groups in total. The van der Waals surface area contributed by atoms with Crippen molar-refractivity contribution < 1.29 is 9.84 Å². The van der Waals surface area contributed by atoms with Crippen LogP contribution in [-0.2, 0) is 4.74 Å². The van der Waals surface area contributed by atoms with Gasteiger partial charge in [0, 0.05) is 6.61 Å². The van der Waals surface area contributed by atoms with Crippen LogP contribution in [0.3, 0.4) is 0 Å². The largest absolute Gasteiger partial charge is 0.390 e. The van der Waals surface area contributed by atoms with Crippen molar-refractivity contribution in [2.75, 3.05) is 6.61 Å². The van der Waals surface area contributed by atoms with Gasteiger partial charge in [0.15, 0.2) is 0 Å². The summed E-state index contributed by atoms with van der Waals surface area (Å²) >= 11 is 0. The van der Waals surface area contributed by atoms with Crippen molar-refractivity contribution in [3.63, 3.8) is 0 Å². The van der Waals surface area contributed by atoms with Crippen LogP contribution in [0.4, 0.5) is 0 Å². The van der Waals surface area contributed by atoms with Gasteiger partial charge in [-0.2, -0.15) is 0 Å². The summed E-state index contributed by atoms with van der Waals surface area (Å²) in [6.07, 6.45) is 9.26. The van der Waals surface area contributed by atoms with E-state index in [0.717, 1.165) is 31.8 Å². The Kier molecular flexibility index (Phi) is 4.48. The molecular formula is C15H28O2. The maximum Gasteiger partial charge on any atom is 0.0942 e. The zero-order valence-corrected chi connectivity index (χ0v) is 11.5. The van der Waals surface area contributed by atoms with Crippen molar-refractivity contribution in [3.8, 4) is 0 Å². The molecule has 0 amide bonds. The van der Waals surface area contributed by atoms with Crippen LogP contribution in [0, 0.1) is 11.8 Å². The third-order valence-corrected chi connectivity index (χ3v) is 4.58. The van der Waals surface area contributed by atoms with Crippen LogP contribution in [0.1, 0.15) is 65.2 Å². The average molecular weight is 240 g/mol. The Morgan fingerprint density at radius 1 is 1.35 bits per heavy atom. The molecule has 0 radical (unpaired) electrons. The van der Waals surface area contributed by atoms with Gasteiger partial charge >= 0.3 is 0 Å². The molecule has 0 heterocycles. The molecule has 0 aromatic heterocycles. The van der Waals surface area contributed by atoms with Gasteiger partial charge in [-0.05, 0) is 44.4 Å². The molecule has 0 spiro atoms. The van der Waals surface area contributed by atoms with E-state index in [2.05, 4.69) is 13.8 Å². The van der Waals surface area contributed by atoms with E-state index in [1.165, 1.54) is 32.1 Å². The van der Waals surface area contributed by atoms with Crippen molar-refractivity contribution in [2.24, 2.45) is 11.8 Å². The third kappa shape index (κ3) is 3.45. The summed E-state index contributed by atoms with van der Waals surface area (Å²) in [6.45, 7) is 5.07. The molecule has 0 aliphatic heterocycles. The predicted octanol–water partition coefficient (Wildman–Crippen LogP) is 3.52. The first-order valence-corrected chi connectivity index (χ1v) is 7.48. The molecule has 100 valence electrons. The molecule has 2 heteroatoms. The van der Waals surface area contributed by atoms with E-state index in [4.69, 9.17) is 4.74 Å². The first-order chi connectivity index (χ1) is 8.16. The molecule has 2 saturated carbocycles. The van der Waals surface area contributed by atoms with Gasteiger partial charge in [0.25, 0.3) is 0 Å². The van der Waals surface area contributed by atoms with E-state index >= 15 is 0 Å². The van der Waals surface area contributed by atoms with Crippen LogP contribution in [0.25, 0.3) is 0 Å². The molecule has 2 aliphatic carbocycles. The van der Waals surface area contributed by atoms with Gasteiger partial charge in [-0.1, -0.05) is 32.6 Å². The predicted molar refractivity (Wildman–Crippen MR) is 70.0 cm³/mol. The molecule has 2 rings (SSSR count). The third-order valence-electron chi connectivity index (χ3n) is 4.58. The lowest BCUT2D eigenvalue weighted by atomic mass is 9.74. The van der Waals surface area contributed by atoms with E-state index in [-0.39, 0.29) is 11.7 Å². The van der Waals surface area contributed by atoms with E-state index in [1.54, 1.807) is 0 Å². The highest BCUT2D eigenvalue weighted by molar-refractivity contribution is 4.94. The highest BCUT2D eigenvalue weighted by Crippen LogP contribution is 2.41. The molecular weight excluding hydrogens is 212 g/mol. The van der Waals surface area contributed by atoms with Crippen LogP contribution >= 0.6 is 0 Å². The van der Waals surface area contributed by atoms with E-state index in [1.807, 2.05) is 0 Å². The highest BCUT2D eigenvalue weighted by Gasteiger charge is 2.42. The Bertz CT molecular complexity index is 233. The summed E-state index contributed by atoms with van der Waals surface area (Å²) in [7, 11) is 0. The molecule has 17 heavy (non-hydrogen) atoms. The van der Waals surface area contributed by atoms with Crippen molar-refractivity contribution in [1.29, 1.82) is 0 Å². The summed E-state index contributed by atoms with van der Waals surface area (Å²) in [5.41, 5.74) is -0.221. The van der Waals surface area contributed by atoms with Crippen LogP contribution in [-0.4, -0.2) is 23.4 Å². The second-order valence-electron chi connectivity index (χ2n) is 6.24. The quantitative estimate of drug-likeness (QED) is 0.769. The minimum atomic E-state index is -0.245. The lowest BCUT2D eigenvalue weighted by molar-refractivity contribution is -0.150. The van der Waals surface area contributed by atoms with E-state index in [9.17, 15) is 5.11 Å². The summed E-state index contributed by atoms with van der Waals surface area (Å²) in [5.74, 6) is 1.61. The van der Waals surface area contributed by atoms with Crippen molar-refractivity contribution in [1.82, 2.24) is 0 Å². The minimum Gasteiger partial charge on any atom is -0.390 e. The fourth-order valence-electron chi connectivity index (χ4n) is 3.42. The number of rotatable bonds is 6. The Morgan fingerprint density at radius 3 is 2.71 bits per heavy atom. The SMILES string of the molecule is CCOC1(C(O)CCC2CC2)CCCC(C)C1. The summed E-state index contributed by atoms with van der Waals surface area (Å²) in [4.78, 5) is 0. The van der Waals surface area contributed by atoms with Crippen LogP contribution in [0.5, 0.6) is 0 Å². The molecule has 3 atom stereocenters. The van der Waals surface area contributed by atoms with Gasteiger partial charge in [0.2, 0.25) is 0 Å². The highest BCUT2D eigenvalue weighted by atomic mass is 16.5. The van der Waals surface area contributed by atoms with Crippen LogP contribution < -0.4 is 0 Å². The standard InChI is InChI=1S/C15H28O2/c1-3-17-15(10-4-5-12(2)11-15)14(16)9-8-13-6-7-13/h12-14,16H,3-11H2,1-2H3. The molecule has 0 aromatic rings. The molecule has 2 fully saturated rings. The average Bonchev–Trinajstić information content (AvgIpc) is 3.10. The van der Waals surface area contributed by atoms with E-state index in [0.29, 0.717) is 5.92 Å². The van der Waals surface area contributed by atoms with Gasteiger partial charge < -0.3 is 9.84 Å². The molecule has 0 bridgehead atoms. The van der Waals surface area contributed by atoms with Gasteiger partial charge in [-0.25, -0.2) is 0 Å². The summed E-state index contributed by atoms with van der Waals surface area (Å²) < 4.78 is 6.01. The zero-order chi connectivity index (χ0) is 12.3. The maximum absolute atomic E-state index is 10.5. The molecule has 2 nitrogen and oxygen atoms in total. The van der Waals surface area contributed by atoms with Crippen molar-refractivity contribution >= 4 is 0 Å². The second-order valence-corrected chi connectivity index (χ2v) is 6.24. The Balaban J connectivity index is 1.92. The van der Waals surface area contributed by atoms with Gasteiger partial charge in [0.1, 0.15) is 0 Å². The molecule has 0 saturated heterocycles. The summed E-state index contributed by atoms with van der Waals surface area (Å²) in [6, 6.07) is 0. The Labute approximate surface area is 106 Å². The number of aliphatic hydroxyl groups excluding tert-OH is 1. The van der Waals surface area contributed by atoms with Crippen molar-refractivity contribution in [3.05, 3.63) is 0 Å². The number of hydrogen-bond acceptors (Lipinski definition) is 2. The smallest absolute Gasteiger partial charge is 0.0942 e. The van der Waals surface area contributed by atoms with Gasteiger partial charge in [-0.3, -0.25) is 0 Å². The van der Waals surface area contributed by atoms with E-state index < -0.39 is 0 Å². The van der Waals surface area contributed by atoms with Crippen LogP contribution in [0.2, 0.25) is 0 Å². The van der Waals surface area contributed by atoms with Crippen molar-refractivity contribution in [2.45, 2.75) is 76.9 Å². The first kappa shape index (κ1) is 13.4. The second kappa shape index (κ2) is 5.71. The van der Waals surface area contributed by atoms with Gasteiger partial charge in [0.05, 0.1) is 11.7 Å². The molecule has 3 unspecified atom stereocenters. The lowest BCUT2D eigenvalue weighted by Crippen LogP contribution is -2.48. The number of ether oxygens (including phenoxy) is 1. The lowest BCUT2D eigenvalue weighted by Gasteiger charge is -2.43. The Hall–Kier alpha value is -0.0800. The molecule has 2 aliphatic rings. The van der Waals surface area contributed by atoms with Crippen LogP contribution in [0.15, 0.2) is 0 Å². The Morgan fingerprint density at radius 2 is 2.12 bits per heavy atom. The summed E-state index contributed by atoms with van der Waals surface area (Å²) in [5, 5.41) is 10.5. The first-order valence-electron chi connectivity index (χ1n) is 7.48. The fraction of sp³-hybridized carbons (Fsp3) is 1.00. The molecule has 0 aromatic carbocycles. The zero-order valence-electron chi connectivity index (χ0n) is 11.5. The normalized spacial score (nSPS) is 35.8. The number of hydrogen-bond donors (Lipinski definition) is 1. The minimum absolute atomic E-state index is 0.221. The number of aliphatic hydroxyl groups is 1. The monoisotopic (exact) mass is 240 g/mol. The maximum atomic E-state index is 10.5. The van der Waals surface area contributed by atoms with Gasteiger partial charge in [-0.15, -0.1) is 0 Å². The topological polar surface area (TPSA) is 29.5 Å². The fourth-order valence-corrected chi connectivity index (χ4v) is 3.42.